The van der Waals surface area contributed by atoms with E-state index in [1.165, 1.54) is 0 Å². The van der Waals surface area contributed by atoms with E-state index in [1.807, 2.05) is 60.7 Å². The molecule has 0 aliphatic carbocycles. The van der Waals surface area contributed by atoms with Gasteiger partial charge in [0.2, 0.25) is 11.8 Å². The van der Waals surface area contributed by atoms with Crippen molar-refractivity contribution in [1.82, 2.24) is 10.6 Å². The van der Waals surface area contributed by atoms with Crippen molar-refractivity contribution in [2.24, 2.45) is 5.73 Å². The number of hydrogen-bond acceptors (Lipinski definition) is 4. The van der Waals surface area contributed by atoms with Gasteiger partial charge in [0.15, 0.2) is 0 Å². The maximum atomic E-state index is 12.1. The number of primary amides is 1. The van der Waals surface area contributed by atoms with Crippen LogP contribution in [0, 0.1) is 0 Å². The molecule has 0 aromatic heterocycles. The van der Waals surface area contributed by atoms with Crippen molar-refractivity contribution in [3.8, 4) is 0 Å². The molecular weight excluding hydrogens is 394 g/mol. The van der Waals surface area contributed by atoms with E-state index in [-0.39, 0.29) is 12.5 Å². The molecule has 0 saturated carbocycles. The van der Waals surface area contributed by atoms with E-state index in [0.717, 1.165) is 24.0 Å². The Morgan fingerprint density at radius 1 is 0.871 bits per heavy atom. The Hall–Kier alpha value is -3.35. The number of nitrogens with two attached hydrogens (primary N) is 1. The molecule has 2 rings (SSSR count). The Morgan fingerprint density at radius 2 is 1.52 bits per heavy atom. The molecule has 7 nitrogen and oxygen atoms in total. The number of aryl methyl sites for hydroxylation is 1. The first-order chi connectivity index (χ1) is 15.0. The standard InChI is InChI=1S/C24H31N3O4/c25-23(29)21(16-15-19-10-4-1-5-11-19)27-22(28)14-8-3-9-17-26-24(30)31-18-20-12-6-2-7-13-20/h1-2,4-7,10-13,21H,3,8-9,14-18H2,(H2,25,29)(H,26,30)(H,27,28)/t21-/m1/s1. The normalized spacial score (nSPS) is 11.4. The van der Waals surface area contributed by atoms with Crippen LogP contribution in [0.25, 0.3) is 0 Å². The molecule has 2 aromatic rings. The molecule has 0 heterocycles. The molecule has 0 radical (unpaired) electrons. The summed E-state index contributed by atoms with van der Waals surface area (Å²) in [6, 6.07) is 18.6. The van der Waals surface area contributed by atoms with Gasteiger partial charge in [-0.15, -0.1) is 0 Å². The predicted molar refractivity (Wildman–Crippen MR) is 119 cm³/mol. The first-order valence-electron chi connectivity index (χ1n) is 10.6. The molecule has 0 saturated heterocycles. The SMILES string of the molecule is NC(=O)[C@@H](CCc1ccccc1)NC(=O)CCCCCNC(=O)OCc1ccccc1. The number of benzene rings is 2. The van der Waals surface area contributed by atoms with Crippen molar-refractivity contribution in [3.05, 3.63) is 71.8 Å². The van der Waals surface area contributed by atoms with Crippen molar-refractivity contribution in [2.45, 2.75) is 51.2 Å². The summed E-state index contributed by atoms with van der Waals surface area (Å²) in [4.78, 5) is 35.4. The smallest absolute Gasteiger partial charge is 0.407 e. The fraction of sp³-hybridized carbons (Fsp3) is 0.375. The van der Waals surface area contributed by atoms with Crippen LogP contribution in [0.4, 0.5) is 4.79 Å². The van der Waals surface area contributed by atoms with E-state index in [2.05, 4.69) is 10.6 Å². The van der Waals surface area contributed by atoms with Gasteiger partial charge in [-0.1, -0.05) is 67.1 Å². The molecule has 0 aliphatic heterocycles. The Bertz CT molecular complexity index is 812. The van der Waals surface area contributed by atoms with Gasteiger partial charge >= 0.3 is 6.09 Å². The third-order valence-electron chi connectivity index (χ3n) is 4.81. The van der Waals surface area contributed by atoms with Crippen molar-refractivity contribution < 1.29 is 19.1 Å². The number of alkyl carbamates (subject to hydrolysis) is 1. The Morgan fingerprint density at radius 3 is 2.16 bits per heavy atom. The number of unbranched alkanes of at least 4 members (excludes halogenated alkanes) is 2. The first kappa shape index (κ1) is 23.9. The van der Waals surface area contributed by atoms with Gasteiger partial charge in [-0.05, 0) is 36.8 Å². The highest BCUT2D eigenvalue weighted by molar-refractivity contribution is 5.86. The zero-order valence-electron chi connectivity index (χ0n) is 17.7. The van der Waals surface area contributed by atoms with E-state index in [9.17, 15) is 14.4 Å². The van der Waals surface area contributed by atoms with Crippen molar-refractivity contribution in [1.29, 1.82) is 0 Å². The molecule has 3 amide bonds. The Kier molecular flexibility index (Phi) is 10.6. The molecule has 0 bridgehead atoms. The van der Waals surface area contributed by atoms with E-state index in [0.29, 0.717) is 32.2 Å². The van der Waals surface area contributed by atoms with E-state index >= 15 is 0 Å². The van der Waals surface area contributed by atoms with Crippen molar-refractivity contribution >= 4 is 17.9 Å². The highest BCUT2D eigenvalue weighted by Gasteiger charge is 2.17. The molecule has 0 spiro atoms. The van der Waals surface area contributed by atoms with Gasteiger partial charge in [0.1, 0.15) is 12.6 Å². The average Bonchev–Trinajstić information content (AvgIpc) is 2.78. The summed E-state index contributed by atoms with van der Waals surface area (Å²) in [6.45, 7) is 0.717. The molecule has 7 heteroatoms. The number of nitrogens with one attached hydrogen (secondary N) is 2. The van der Waals surface area contributed by atoms with Crippen LogP contribution in [0.15, 0.2) is 60.7 Å². The second kappa shape index (κ2) is 13.8. The highest BCUT2D eigenvalue weighted by atomic mass is 16.5. The number of carbonyl (C=O) groups excluding carboxylic acids is 3. The number of amides is 3. The third kappa shape index (κ3) is 10.3. The molecular formula is C24H31N3O4. The second-order valence-electron chi connectivity index (χ2n) is 7.35. The van der Waals surface area contributed by atoms with E-state index in [4.69, 9.17) is 10.5 Å². The van der Waals surface area contributed by atoms with Crippen LogP contribution < -0.4 is 16.4 Å². The number of hydrogen-bond donors (Lipinski definition) is 3. The van der Waals surface area contributed by atoms with Crippen LogP contribution in [-0.4, -0.2) is 30.5 Å². The van der Waals surface area contributed by atoms with Crippen LogP contribution in [0.1, 0.15) is 43.2 Å². The number of rotatable bonds is 13. The summed E-state index contributed by atoms with van der Waals surface area (Å²) in [7, 11) is 0. The summed E-state index contributed by atoms with van der Waals surface area (Å²) >= 11 is 0. The van der Waals surface area contributed by atoms with Gasteiger partial charge in [0.05, 0.1) is 0 Å². The summed E-state index contributed by atoms with van der Waals surface area (Å²) in [5.41, 5.74) is 7.46. The maximum Gasteiger partial charge on any atom is 0.407 e. The molecule has 166 valence electrons. The lowest BCUT2D eigenvalue weighted by atomic mass is 10.0. The fourth-order valence-electron chi connectivity index (χ4n) is 3.06. The molecule has 4 N–H and O–H groups in total. The fourth-order valence-corrected chi connectivity index (χ4v) is 3.06. The van der Waals surface area contributed by atoms with Crippen molar-refractivity contribution in [3.63, 3.8) is 0 Å². The molecule has 0 fully saturated rings. The van der Waals surface area contributed by atoms with Gasteiger partial charge in [-0.25, -0.2) is 4.79 Å². The van der Waals surface area contributed by atoms with Crippen LogP contribution >= 0.6 is 0 Å². The summed E-state index contributed by atoms with van der Waals surface area (Å²) in [5.74, 6) is -0.713. The molecule has 2 aromatic carbocycles. The largest absolute Gasteiger partial charge is 0.445 e. The highest BCUT2D eigenvalue weighted by Crippen LogP contribution is 2.06. The second-order valence-corrected chi connectivity index (χ2v) is 7.35. The van der Waals surface area contributed by atoms with Gasteiger partial charge < -0.3 is 21.1 Å². The van der Waals surface area contributed by atoms with Gasteiger partial charge in [-0.3, -0.25) is 9.59 Å². The minimum Gasteiger partial charge on any atom is -0.445 e. The summed E-state index contributed by atoms with van der Waals surface area (Å²) in [6.07, 6.45) is 3.17. The lowest BCUT2D eigenvalue weighted by molar-refractivity contribution is -0.127. The molecule has 1 atom stereocenters. The summed E-state index contributed by atoms with van der Waals surface area (Å²) < 4.78 is 5.14. The predicted octanol–water partition coefficient (Wildman–Crippen LogP) is 3.08. The van der Waals surface area contributed by atoms with Crippen LogP contribution in [0.2, 0.25) is 0 Å². The summed E-state index contributed by atoms with van der Waals surface area (Å²) in [5, 5.41) is 5.42. The lowest BCUT2D eigenvalue weighted by Gasteiger charge is -2.15. The molecule has 0 aliphatic rings. The van der Waals surface area contributed by atoms with Crippen molar-refractivity contribution in [2.75, 3.05) is 6.54 Å². The molecule has 0 unspecified atom stereocenters. The lowest BCUT2D eigenvalue weighted by Crippen LogP contribution is -2.44. The van der Waals surface area contributed by atoms with E-state index in [1.54, 1.807) is 0 Å². The topological polar surface area (TPSA) is 111 Å². The number of ether oxygens (including phenoxy) is 1. The Balaban J connectivity index is 1.54. The van der Waals surface area contributed by atoms with Gasteiger partial charge in [-0.2, -0.15) is 0 Å². The molecule has 31 heavy (non-hydrogen) atoms. The quantitative estimate of drug-likeness (QED) is 0.428. The van der Waals surface area contributed by atoms with Crippen LogP contribution in [-0.2, 0) is 27.4 Å². The van der Waals surface area contributed by atoms with E-state index < -0.39 is 18.0 Å². The third-order valence-corrected chi connectivity index (χ3v) is 4.81. The maximum absolute atomic E-state index is 12.1. The zero-order valence-corrected chi connectivity index (χ0v) is 17.7. The van der Waals surface area contributed by atoms with Gasteiger partial charge in [0, 0.05) is 13.0 Å². The minimum absolute atomic E-state index is 0.188. The zero-order chi connectivity index (χ0) is 22.3. The number of carbonyl (C=O) groups is 3. The average molecular weight is 426 g/mol. The van der Waals surface area contributed by atoms with Crippen LogP contribution in [0.3, 0.4) is 0 Å². The van der Waals surface area contributed by atoms with Crippen LogP contribution in [0.5, 0.6) is 0 Å². The minimum atomic E-state index is -0.672. The Labute approximate surface area is 183 Å². The monoisotopic (exact) mass is 425 g/mol. The first-order valence-corrected chi connectivity index (χ1v) is 10.6. The van der Waals surface area contributed by atoms with Gasteiger partial charge in [0.25, 0.3) is 0 Å².